The Kier molecular flexibility index (Phi) is 5.84. The summed E-state index contributed by atoms with van der Waals surface area (Å²) in [6.45, 7) is -0.616. The van der Waals surface area contributed by atoms with Gasteiger partial charge in [0.25, 0.3) is 0 Å². The summed E-state index contributed by atoms with van der Waals surface area (Å²) < 4.78 is 16.4. The first-order valence-electron chi connectivity index (χ1n) is 9.75. The third-order valence-corrected chi connectivity index (χ3v) is 5.43. The average Bonchev–Trinajstić information content (AvgIpc) is 2.73. The highest BCUT2D eigenvalue weighted by Gasteiger charge is 2.44. The number of ether oxygens (including phenoxy) is 3. The zero-order valence-corrected chi connectivity index (χ0v) is 16.5. The third-order valence-electron chi connectivity index (χ3n) is 5.43. The molecule has 0 saturated carbocycles. The number of aliphatic hydroxyl groups excluding tert-OH is 4. The van der Waals surface area contributed by atoms with Crippen molar-refractivity contribution in [3.05, 3.63) is 41.5 Å². The number of phenols is 3. The molecule has 1 fully saturated rings. The van der Waals surface area contributed by atoms with Gasteiger partial charge in [-0.3, -0.25) is 4.79 Å². The monoisotopic (exact) mass is 450 g/mol. The first-order chi connectivity index (χ1) is 15.2. The zero-order valence-electron chi connectivity index (χ0n) is 16.5. The Morgan fingerprint density at radius 1 is 0.969 bits per heavy atom. The molecule has 0 radical (unpaired) electrons. The lowest BCUT2D eigenvalue weighted by atomic mass is 9.95. The lowest BCUT2D eigenvalue weighted by molar-refractivity contribution is -0.277. The number of phenolic OH excluding ortho intramolecular Hbond substituents is 3. The molecule has 2 aliphatic rings. The molecule has 0 bridgehead atoms. The fourth-order valence-electron chi connectivity index (χ4n) is 3.77. The fraction of sp³-hybridized carbons (Fsp3) is 0.381. The average molecular weight is 450 g/mol. The molecule has 0 spiro atoms. The predicted octanol–water partition coefficient (Wildman–Crippen LogP) is -0.311. The summed E-state index contributed by atoms with van der Waals surface area (Å²) in [7, 11) is 0. The van der Waals surface area contributed by atoms with E-state index < -0.39 is 54.9 Å². The highest BCUT2D eigenvalue weighted by Crippen LogP contribution is 2.43. The van der Waals surface area contributed by atoms with Gasteiger partial charge in [-0.25, -0.2) is 0 Å². The van der Waals surface area contributed by atoms with Crippen LogP contribution in [0.25, 0.3) is 0 Å². The van der Waals surface area contributed by atoms with Crippen molar-refractivity contribution in [3.8, 4) is 28.7 Å². The Morgan fingerprint density at radius 3 is 2.41 bits per heavy atom. The van der Waals surface area contributed by atoms with Crippen molar-refractivity contribution >= 4 is 5.78 Å². The van der Waals surface area contributed by atoms with Crippen LogP contribution in [0.15, 0.2) is 30.3 Å². The van der Waals surface area contributed by atoms with E-state index in [-0.39, 0.29) is 40.5 Å². The number of hydrogen-bond donors (Lipinski definition) is 7. The minimum Gasteiger partial charge on any atom is -0.508 e. The van der Waals surface area contributed by atoms with Crippen LogP contribution in [-0.4, -0.2) is 78.8 Å². The lowest BCUT2D eigenvalue weighted by Gasteiger charge is -2.39. The summed E-state index contributed by atoms with van der Waals surface area (Å²) in [6, 6.07) is 6.22. The van der Waals surface area contributed by atoms with Crippen molar-refractivity contribution < 1.29 is 54.8 Å². The van der Waals surface area contributed by atoms with E-state index in [2.05, 4.69) is 0 Å². The molecule has 172 valence electrons. The minimum absolute atomic E-state index is 0.0233. The molecule has 1 saturated heterocycles. The van der Waals surface area contributed by atoms with Gasteiger partial charge in [0.05, 0.1) is 13.0 Å². The Balaban J connectivity index is 1.53. The fourth-order valence-corrected chi connectivity index (χ4v) is 3.77. The molecule has 2 heterocycles. The third kappa shape index (κ3) is 3.92. The van der Waals surface area contributed by atoms with Crippen LogP contribution in [0.3, 0.4) is 0 Å². The minimum atomic E-state index is -1.62. The molecule has 6 atom stereocenters. The number of fused-ring (bicyclic) bond motifs is 1. The topological polar surface area (TPSA) is 186 Å². The largest absolute Gasteiger partial charge is 0.508 e. The van der Waals surface area contributed by atoms with Crippen LogP contribution in [-0.2, 0) is 4.74 Å². The number of benzene rings is 2. The predicted molar refractivity (Wildman–Crippen MR) is 105 cm³/mol. The number of Topliss-reactive ketones (excluding diaryl/α,β-unsaturated/α-hetero) is 1. The molecule has 7 N–H and O–H groups in total. The van der Waals surface area contributed by atoms with Crippen molar-refractivity contribution in [2.75, 3.05) is 6.61 Å². The van der Waals surface area contributed by atoms with Crippen LogP contribution in [0.4, 0.5) is 0 Å². The number of ketones is 1. The van der Waals surface area contributed by atoms with E-state index in [1.807, 2.05) is 0 Å². The molecule has 0 aliphatic carbocycles. The van der Waals surface area contributed by atoms with E-state index in [1.165, 1.54) is 24.3 Å². The molecular weight excluding hydrogens is 428 g/mol. The van der Waals surface area contributed by atoms with Gasteiger partial charge < -0.3 is 50.0 Å². The van der Waals surface area contributed by atoms with Gasteiger partial charge in [0.1, 0.15) is 64.8 Å². The van der Waals surface area contributed by atoms with Crippen LogP contribution >= 0.6 is 0 Å². The van der Waals surface area contributed by atoms with E-state index in [0.717, 1.165) is 6.07 Å². The van der Waals surface area contributed by atoms with Gasteiger partial charge in [0.15, 0.2) is 5.78 Å². The smallest absolute Gasteiger partial charge is 0.229 e. The van der Waals surface area contributed by atoms with Crippen molar-refractivity contribution in [2.45, 2.75) is 43.2 Å². The van der Waals surface area contributed by atoms with Crippen molar-refractivity contribution in [1.29, 1.82) is 0 Å². The van der Waals surface area contributed by atoms with Crippen LogP contribution < -0.4 is 9.47 Å². The number of aliphatic hydroxyl groups is 4. The lowest BCUT2D eigenvalue weighted by Crippen LogP contribution is -2.60. The first-order valence-corrected chi connectivity index (χ1v) is 9.75. The van der Waals surface area contributed by atoms with Crippen molar-refractivity contribution in [3.63, 3.8) is 0 Å². The molecule has 2 aliphatic heterocycles. The molecule has 0 unspecified atom stereocenters. The molecular formula is C21H22O11. The zero-order chi connectivity index (χ0) is 23.2. The molecule has 11 heteroatoms. The summed E-state index contributed by atoms with van der Waals surface area (Å²) >= 11 is 0. The molecule has 0 amide bonds. The van der Waals surface area contributed by atoms with Crippen LogP contribution in [0.2, 0.25) is 0 Å². The Morgan fingerprint density at radius 2 is 1.72 bits per heavy atom. The second-order valence-corrected chi connectivity index (χ2v) is 7.61. The van der Waals surface area contributed by atoms with Crippen molar-refractivity contribution in [1.82, 2.24) is 0 Å². The summed E-state index contributed by atoms with van der Waals surface area (Å²) in [5, 5.41) is 69.0. The SMILES string of the molecule is O=C1C[C@@H](c2ccc(O[C@H]3O[C@H](CO)[C@H](O)[C@@H](O)[C@H]3O)cc2O)Oc2cc(O)cc(O)c21. The number of carbonyl (C=O) groups excluding carboxylic acids is 1. The highest BCUT2D eigenvalue weighted by molar-refractivity contribution is 6.02. The maximum Gasteiger partial charge on any atom is 0.229 e. The molecule has 2 aromatic carbocycles. The normalized spacial score (nSPS) is 29.8. The van der Waals surface area contributed by atoms with Gasteiger partial charge >= 0.3 is 0 Å². The van der Waals surface area contributed by atoms with Gasteiger partial charge in [-0.05, 0) is 12.1 Å². The maximum absolute atomic E-state index is 12.5. The molecule has 4 rings (SSSR count). The Bertz CT molecular complexity index is 1020. The molecule has 0 aromatic heterocycles. The first kappa shape index (κ1) is 22.1. The van der Waals surface area contributed by atoms with Crippen molar-refractivity contribution in [2.24, 2.45) is 0 Å². The summed E-state index contributed by atoms with van der Waals surface area (Å²) in [6.07, 6.45) is -8.43. The van der Waals surface area contributed by atoms with E-state index >= 15 is 0 Å². The van der Waals surface area contributed by atoms with Gasteiger partial charge in [-0.15, -0.1) is 0 Å². The Labute approximate surface area is 181 Å². The summed E-state index contributed by atoms with van der Waals surface area (Å²) in [4.78, 5) is 12.5. The van der Waals surface area contributed by atoms with Gasteiger partial charge in [-0.2, -0.15) is 0 Å². The van der Waals surface area contributed by atoms with Gasteiger partial charge in [0, 0.05) is 23.8 Å². The van der Waals surface area contributed by atoms with Crippen LogP contribution in [0.5, 0.6) is 28.7 Å². The summed E-state index contributed by atoms with van der Waals surface area (Å²) in [5.74, 6) is -1.43. The Hall–Kier alpha value is -3.09. The quantitative estimate of drug-likeness (QED) is 0.324. The standard InChI is InChI=1S/C21H22O11/c22-7-16-18(27)19(28)20(29)21(32-16)30-9-1-2-10(11(24)5-9)14-6-13(26)17-12(25)3-8(23)4-15(17)31-14/h1-5,14,16,18-25,27-29H,6-7H2/t14-,16+,18-,19+,20+,21-/m0/s1. The van der Waals surface area contributed by atoms with E-state index in [4.69, 9.17) is 14.2 Å². The number of hydrogen-bond acceptors (Lipinski definition) is 11. The highest BCUT2D eigenvalue weighted by atomic mass is 16.7. The second kappa shape index (κ2) is 8.45. The van der Waals surface area contributed by atoms with Crippen LogP contribution in [0, 0.1) is 0 Å². The number of aromatic hydroxyl groups is 3. The molecule has 11 nitrogen and oxygen atoms in total. The van der Waals surface area contributed by atoms with E-state index in [0.29, 0.717) is 0 Å². The second-order valence-electron chi connectivity index (χ2n) is 7.61. The molecule has 32 heavy (non-hydrogen) atoms. The van der Waals surface area contributed by atoms with Gasteiger partial charge in [0.2, 0.25) is 6.29 Å². The van der Waals surface area contributed by atoms with E-state index in [1.54, 1.807) is 0 Å². The summed E-state index contributed by atoms with van der Waals surface area (Å²) in [5.41, 5.74) is 0.175. The van der Waals surface area contributed by atoms with Gasteiger partial charge in [-0.1, -0.05) is 0 Å². The van der Waals surface area contributed by atoms with Crippen LogP contribution in [0.1, 0.15) is 28.4 Å². The number of rotatable bonds is 4. The maximum atomic E-state index is 12.5. The molecule has 2 aromatic rings. The van der Waals surface area contributed by atoms with E-state index in [9.17, 15) is 40.5 Å². The number of carbonyl (C=O) groups is 1.